The van der Waals surface area contributed by atoms with Crippen molar-refractivity contribution < 1.29 is 24.5 Å². The highest BCUT2D eigenvalue weighted by Crippen LogP contribution is 2.32. The number of ether oxygens (including phenoxy) is 1. The number of aromatic hydroxyl groups is 2. The predicted octanol–water partition coefficient (Wildman–Crippen LogP) is 2.51. The summed E-state index contributed by atoms with van der Waals surface area (Å²) in [5, 5.41) is 29.2. The van der Waals surface area contributed by atoms with Gasteiger partial charge in [-0.1, -0.05) is 6.07 Å². The zero-order chi connectivity index (χ0) is 16.6. The van der Waals surface area contributed by atoms with Crippen molar-refractivity contribution in [3.8, 4) is 17.2 Å². The predicted molar refractivity (Wildman–Crippen MR) is 85.1 cm³/mol. The normalized spacial score (nSPS) is 12.6. The van der Waals surface area contributed by atoms with E-state index in [1.807, 2.05) is 0 Å². The molecule has 0 aliphatic carbocycles. The van der Waals surface area contributed by atoms with E-state index in [2.05, 4.69) is 0 Å². The summed E-state index contributed by atoms with van der Waals surface area (Å²) in [6.45, 7) is 1.92. The standard InChI is InChI=1S/C17H16O6/c1-9(18)5-6-22-10-7-12(20)16-14(8-10)23-13-4-2-3-11(19)15(13)17(16)21/h2-4,7-9,18-20H,5-6H2,1H3/t9-/m1/s1. The largest absolute Gasteiger partial charge is 0.507 e. The number of hydrogen-bond donors (Lipinski definition) is 3. The summed E-state index contributed by atoms with van der Waals surface area (Å²) in [4.78, 5) is 12.5. The fourth-order valence-electron chi connectivity index (χ4n) is 2.39. The highest BCUT2D eigenvalue weighted by Gasteiger charge is 2.15. The molecule has 1 atom stereocenters. The maximum atomic E-state index is 12.5. The molecule has 0 unspecified atom stereocenters. The SMILES string of the molecule is C[C@@H](O)CCOc1cc(O)c2c(=O)c3c(O)cccc3oc2c1. The number of phenols is 2. The summed E-state index contributed by atoms with van der Waals surface area (Å²) in [5.74, 6) is -0.151. The molecular weight excluding hydrogens is 300 g/mol. The molecule has 0 aliphatic rings. The maximum Gasteiger partial charge on any atom is 0.208 e. The Kier molecular flexibility index (Phi) is 3.83. The van der Waals surface area contributed by atoms with Crippen LogP contribution in [0.25, 0.3) is 21.9 Å². The van der Waals surface area contributed by atoms with Crippen molar-refractivity contribution in [1.29, 1.82) is 0 Å². The van der Waals surface area contributed by atoms with Crippen LogP contribution in [-0.2, 0) is 0 Å². The lowest BCUT2D eigenvalue weighted by Crippen LogP contribution is -2.08. The third-order valence-electron chi connectivity index (χ3n) is 3.54. The average molecular weight is 316 g/mol. The second-order valence-electron chi connectivity index (χ2n) is 5.38. The second kappa shape index (κ2) is 5.81. The van der Waals surface area contributed by atoms with Crippen molar-refractivity contribution in [2.45, 2.75) is 19.4 Å². The van der Waals surface area contributed by atoms with E-state index in [4.69, 9.17) is 9.15 Å². The number of aliphatic hydroxyl groups is 1. The van der Waals surface area contributed by atoms with Crippen molar-refractivity contribution in [2.75, 3.05) is 6.61 Å². The molecule has 0 aliphatic heterocycles. The second-order valence-corrected chi connectivity index (χ2v) is 5.38. The number of fused-ring (bicyclic) bond motifs is 2. The Hall–Kier alpha value is -2.73. The van der Waals surface area contributed by atoms with Crippen molar-refractivity contribution in [1.82, 2.24) is 0 Å². The summed E-state index contributed by atoms with van der Waals surface area (Å²) >= 11 is 0. The van der Waals surface area contributed by atoms with Crippen LogP contribution in [0.4, 0.5) is 0 Å². The van der Waals surface area contributed by atoms with Gasteiger partial charge in [0.25, 0.3) is 0 Å². The Morgan fingerprint density at radius 2 is 1.87 bits per heavy atom. The van der Waals surface area contributed by atoms with Gasteiger partial charge in [0.15, 0.2) is 0 Å². The van der Waals surface area contributed by atoms with E-state index < -0.39 is 11.5 Å². The minimum Gasteiger partial charge on any atom is -0.507 e. The summed E-state index contributed by atoms with van der Waals surface area (Å²) in [7, 11) is 0. The van der Waals surface area contributed by atoms with Crippen molar-refractivity contribution in [3.63, 3.8) is 0 Å². The van der Waals surface area contributed by atoms with Crippen LogP contribution >= 0.6 is 0 Å². The first-order valence-corrected chi connectivity index (χ1v) is 7.19. The summed E-state index contributed by atoms with van der Waals surface area (Å²) in [6.07, 6.45) is -0.0529. The molecular formula is C17H16O6. The van der Waals surface area contributed by atoms with Crippen LogP contribution in [-0.4, -0.2) is 28.0 Å². The molecule has 2 aromatic carbocycles. The van der Waals surface area contributed by atoms with E-state index in [9.17, 15) is 20.1 Å². The van der Waals surface area contributed by atoms with Crippen molar-refractivity contribution in [2.24, 2.45) is 0 Å². The Balaban J connectivity index is 2.14. The maximum absolute atomic E-state index is 12.5. The van der Waals surface area contributed by atoms with Gasteiger partial charge in [-0.25, -0.2) is 0 Å². The van der Waals surface area contributed by atoms with Crippen LogP contribution < -0.4 is 10.2 Å². The number of phenolic OH excluding ortho intramolecular Hbond substituents is 2. The van der Waals surface area contributed by atoms with E-state index in [0.717, 1.165) is 0 Å². The molecule has 1 heterocycles. The van der Waals surface area contributed by atoms with Gasteiger partial charge in [0.2, 0.25) is 5.43 Å². The first-order valence-electron chi connectivity index (χ1n) is 7.19. The summed E-state index contributed by atoms with van der Waals surface area (Å²) in [5.41, 5.74) is -0.115. The molecule has 1 aromatic heterocycles. The van der Waals surface area contributed by atoms with E-state index in [-0.39, 0.29) is 40.0 Å². The van der Waals surface area contributed by atoms with Gasteiger partial charge >= 0.3 is 0 Å². The van der Waals surface area contributed by atoms with Gasteiger partial charge in [0.1, 0.15) is 39.2 Å². The fourth-order valence-corrected chi connectivity index (χ4v) is 2.39. The molecule has 0 bridgehead atoms. The molecule has 23 heavy (non-hydrogen) atoms. The number of rotatable bonds is 4. The van der Waals surface area contributed by atoms with Crippen LogP contribution in [0.15, 0.2) is 39.5 Å². The minimum absolute atomic E-state index is 0.0122. The molecule has 3 aromatic rings. The van der Waals surface area contributed by atoms with Gasteiger partial charge in [-0.3, -0.25) is 4.79 Å². The van der Waals surface area contributed by atoms with Crippen LogP contribution in [0.5, 0.6) is 17.2 Å². The lowest BCUT2D eigenvalue weighted by atomic mass is 10.1. The lowest BCUT2D eigenvalue weighted by molar-refractivity contribution is 0.155. The molecule has 3 rings (SSSR count). The molecule has 6 nitrogen and oxygen atoms in total. The van der Waals surface area contributed by atoms with E-state index in [1.165, 1.54) is 18.2 Å². The molecule has 0 saturated heterocycles. The topological polar surface area (TPSA) is 100 Å². The summed E-state index contributed by atoms with van der Waals surface area (Å²) in [6, 6.07) is 7.33. The Bertz CT molecular complexity index is 926. The van der Waals surface area contributed by atoms with Crippen molar-refractivity contribution >= 4 is 21.9 Å². The molecule has 0 spiro atoms. The fraction of sp³-hybridized carbons (Fsp3) is 0.235. The quantitative estimate of drug-likeness (QED) is 0.639. The van der Waals surface area contributed by atoms with Gasteiger partial charge in [-0.2, -0.15) is 0 Å². The molecule has 120 valence electrons. The Morgan fingerprint density at radius 3 is 2.61 bits per heavy atom. The van der Waals surface area contributed by atoms with Crippen LogP contribution in [0.1, 0.15) is 13.3 Å². The molecule has 0 fully saturated rings. The van der Waals surface area contributed by atoms with Crippen LogP contribution in [0, 0.1) is 0 Å². The molecule has 6 heteroatoms. The van der Waals surface area contributed by atoms with Gasteiger partial charge in [-0.05, 0) is 19.1 Å². The zero-order valence-corrected chi connectivity index (χ0v) is 12.4. The van der Waals surface area contributed by atoms with E-state index >= 15 is 0 Å². The average Bonchev–Trinajstić information content (AvgIpc) is 2.46. The van der Waals surface area contributed by atoms with Gasteiger partial charge in [0.05, 0.1) is 12.7 Å². The van der Waals surface area contributed by atoms with Gasteiger partial charge in [-0.15, -0.1) is 0 Å². The number of hydrogen-bond acceptors (Lipinski definition) is 6. The highest BCUT2D eigenvalue weighted by atomic mass is 16.5. The minimum atomic E-state index is -0.507. The van der Waals surface area contributed by atoms with E-state index in [1.54, 1.807) is 19.1 Å². The zero-order valence-electron chi connectivity index (χ0n) is 12.4. The Labute approximate surface area is 131 Å². The molecule has 0 saturated carbocycles. The van der Waals surface area contributed by atoms with Gasteiger partial charge < -0.3 is 24.5 Å². The first kappa shape index (κ1) is 15.2. The smallest absolute Gasteiger partial charge is 0.208 e. The Morgan fingerprint density at radius 1 is 1.13 bits per heavy atom. The molecule has 0 amide bonds. The molecule has 3 N–H and O–H groups in total. The summed E-state index contributed by atoms with van der Waals surface area (Å²) < 4.78 is 11.1. The van der Waals surface area contributed by atoms with E-state index in [0.29, 0.717) is 12.2 Å². The number of benzene rings is 2. The third kappa shape index (κ3) is 2.80. The monoisotopic (exact) mass is 316 g/mol. The van der Waals surface area contributed by atoms with Gasteiger partial charge in [0, 0.05) is 18.6 Å². The van der Waals surface area contributed by atoms with Crippen LogP contribution in [0.2, 0.25) is 0 Å². The highest BCUT2D eigenvalue weighted by molar-refractivity contribution is 5.96. The third-order valence-corrected chi connectivity index (χ3v) is 3.54. The number of aliphatic hydroxyl groups excluding tert-OH is 1. The lowest BCUT2D eigenvalue weighted by Gasteiger charge is -2.10. The van der Waals surface area contributed by atoms with Crippen molar-refractivity contribution in [3.05, 3.63) is 40.6 Å². The first-order chi connectivity index (χ1) is 11.0. The molecule has 0 radical (unpaired) electrons. The van der Waals surface area contributed by atoms with Crippen LogP contribution in [0.3, 0.4) is 0 Å².